The molecule has 148 valence electrons. The zero-order valence-electron chi connectivity index (χ0n) is 15.8. The molecule has 0 bridgehead atoms. The molecule has 1 aliphatic heterocycles. The minimum Gasteiger partial charge on any atom is -0.506 e. The number of rotatable bonds is 4. The number of nitrogens with zero attached hydrogens (tertiary/aromatic N) is 4. The molecule has 1 saturated heterocycles. The van der Waals surface area contributed by atoms with Gasteiger partial charge in [-0.3, -0.25) is 4.79 Å². The number of carbonyl (C=O) groups excluding carboxylic acids is 1. The molecule has 0 aliphatic carbocycles. The quantitative estimate of drug-likeness (QED) is 0.587. The minimum absolute atomic E-state index is 0.0380. The number of carbonyl (C=O) groups is 1. The molecule has 0 atom stereocenters. The highest BCUT2D eigenvalue weighted by Gasteiger charge is 2.24. The molecule has 0 spiro atoms. The second-order valence-corrected chi connectivity index (χ2v) is 6.76. The Bertz CT molecular complexity index is 1000. The number of anilines is 4. The van der Waals surface area contributed by atoms with Crippen molar-refractivity contribution in [1.29, 1.82) is 0 Å². The number of hydrogen-bond acceptors (Lipinski definition) is 7. The molecule has 29 heavy (non-hydrogen) atoms. The molecule has 1 amide bonds. The van der Waals surface area contributed by atoms with Gasteiger partial charge in [-0.1, -0.05) is 30.3 Å². The van der Waals surface area contributed by atoms with Gasteiger partial charge in [-0.05, 0) is 24.3 Å². The monoisotopic (exact) mass is 390 g/mol. The minimum atomic E-state index is -0.259. The summed E-state index contributed by atoms with van der Waals surface area (Å²) >= 11 is 0. The van der Waals surface area contributed by atoms with Gasteiger partial charge in [0.1, 0.15) is 17.4 Å². The second-order valence-electron chi connectivity index (χ2n) is 6.76. The van der Waals surface area contributed by atoms with Crippen LogP contribution in [0.5, 0.6) is 5.75 Å². The van der Waals surface area contributed by atoms with Crippen LogP contribution in [0, 0.1) is 0 Å². The summed E-state index contributed by atoms with van der Waals surface area (Å²) < 4.78 is 0. The summed E-state index contributed by atoms with van der Waals surface area (Å²) in [4.78, 5) is 25.3. The summed E-state index contributed by atoms with van der Waals surface area (Å²) in [5.41, 5.74) is 7.50. The Morgan fingerprint density at radius 2 is 1.66 bits per heavy atom. The molecule has 8 heteroatoms. The first-order valence-electron chi connectivity index (χ1n) is 9.39. The highest BCUT2D eigenvalue weighted by atomic mass is 16.3. The largest absolute Gasteiger partial charge is 0.506 e. The fourth-order valence-electron chi connectivity index (χ4n) is 3.29. The van der Waals surface area contributed by atoms with Crippen LogP contribution in [-0.2, 0) is 0 Å². The molecule has 4 rings (SSSR count). The van der Waals surface area contributed by atoms with Gasteiger partial charge in [0.25, 0.3) is 5.91 Å². The van der Waals surface area contributed by atoms with Crippen molar-refractivity contribution >= 4 is 28.9 Å². The lowest BCUT2D eigenvalue weighted by molar-refractivity contribution is 0.0734. The van der Waals surface area contributed by atoms with Gasteiger partial charge in [0.05, 0.1) is 5.69 Å². The highest BCUT2D eigenvalue weighted by Crippen LogP contribution is 2.25. The van der Waals surface area contributed by atoms with E-state index in [2.05, 4.69) is 32.3 Å². The first kappa shape index (κ1) is 18.5. The van der Waals surface area contributed by atoms with E-state index in [1.807, 2.05) is 18.2 Å². The second kappa shape index (κ2) is 8.05. The first-order valence-corrected chi connectivity index (χ1v) is 9.39. The number of nitrogens with one attached hydrogen (secondary N) is 1. The van der Waals surface area contributed by atoms with Crippen molar-refractivity contribution in [3.8, 4) is 5.75 Å². The molecule has 1 fully saturated rings. The predicted molar refractivity (Wildman–Crippen MR) is 112 cm³/mol. The van der Waals surface area contributed by atoms with E-state index in [0.29, 0.717) is 24.6 Å². The van der Waals surface area contributed by atoms with Gasteiger partial charge in [0.2, 0.25) is 5.82 Å². The van der Waals surface area contributed by atoms with Crippen molar-refractivity contribution in [3.63, 3.8) is 0 Å². The number of amides is 1. The van der Waals surface area contributed by atoms with E-state index in [-0.39, 0.29) is 23.3 Å². The predicted octanol–water partition coefficient (Wildman–Crippen LogP) is 2.47. The van der Waals surface area contributed by atoms with Crippen LogP contribution in [0.2, 0.25) is 0 Å². The van der Waals surface area contributed by atoms with Crippen LogP contribution in [0.15, 0.2) is 60.7 Å². The van der Waals surface area contributed by atoms with Gasteiger partial charge in [-0.2, -0.15) is 0 Å². The SMILES string of the molecule is Nc1cc(Nc2ccccc2O)nc(C(=O)N2CCN(c3ccccc3)CC2)n1. The average Bonchev–Trinajstić information content (AvgIpc) is 2.75. The summed E-state index contributed by atoms with van der Waals surface area (Å²) in [6.07, 6.45) is 0. The third kappa shape index (κ3) is 4.21. The Balaban J connectivity index is 1.46. The molecule has 1 aromatic heterocycles. The van der Waals surface area contributed by atoms with E-state index >= 15 is 0 Å². The first-order chi connectivity index (χ1) is 14.1. The van der Waals surface area contributed by atoms with Crippen molar-refractivity contribution in [2.45, 2.75) is 0 Å². The molecule has 0 saturated carbocycles. The van der Waals surface area contributed by atoms with Crippen LogP contribution in [0.25, 0.3) is 0 Å². The van der Waals surface area contributed by atoms with E-state index in [1.54, 1.807) is 29.2 Å². The fraction of sp³-hybridized carbons (Fsp3) is 0.190. The topological polar surface area (TPSA) is 108 Å². The molecule has 4 N–H and O–H groups in total. The van der Waals surface area contributed by atoms with E-state index < -0.39 is 0 Å². The van der Waals surface area contributed by atoms with Gasteiger partial charge >= 0.3 is 0 Å². The van der Waals surface area contributed by atoms with Crippen molar-refractivity contribution in [2.75, 3.05) is 42.1 Å². The van der Waals surface area contributed by atoms with Crippen LogP contribution in [0.4, 0.5) is 23.0 Å². The van der Waals surface area contributed by atoms with E-state index in [9.17, 15) is 9.90 Å². The molecule has 1 aliphatic rings. The summed E-state index contributed by atoms with van der Waals surface area (Å²) in [7, 11) is 0. The summed E-state index contributed by atoms with van der Waals surface area (Å²) in [6, 6.07) is 18.4. The number of piperazine rings is 1. The van der Waals surface area contributed by atoms with Gasteiger partial charge in [-0.25, -0.2) is 9.97 Å². The van der Waals surface area contributed by atoms with Crippen molar-refractivity contribution in [1.82, 2.24) is 14.9 Å². The van der Waals surface area contributed by atoms with Gasteiger partial charge in [-0.15, -0.1) is 0 Å². The molecule has 3 aromatic rings. The van der Waals surface area contributed by atoms with Crippen LogP contribution >= 0.6 is 0 Å². The smallest absolute Gasteiger partial charge is 0.291 e. The number of phenolic OH excluding ortho intramolecular Hbond substituents is 1. The Morgan fingerprint density at radius 1 is 0.966 bits per heavy atom. The number of nitrogens with two attached hydrogens (primary N) is 1. The number of nitrogen functional groups attached to an aromatic ring is 1. The average molecular weight is 390 g/mol. The van der Waals surface area contributed by atoms with Gasteiger partial charge in [0.15, 0.2) is 0 Å². The zero-order chi connectivity index (χ0) is 20.2. The standard InChI is InChI=1S/C21H22N6O2/c22-18-14-19(23-16-8-4-5-9-17(16)28)25-20(24-18)21(29)27-12-10-26(11-13-27)15-6-2-1-3-7-15/h1-9,14,28H,10-13H2,(H3,22,23,24,25). The Labute approximate surface area is 168 Å². The molecular weight excluding hydrogens is 368 g/mol. The molecule has 2 aromatic carbocycles. The number of phenols is 1. The van der Waals surface area contributed by atoms with Crippen LogP contribution < -0.4 is 16.0 Å². The maximum Gasteiger partial charge on any atom is 0.291 e. The Morgan fingerprint density at radius 3 is 2.38 bits per heavy atom. The van der Waals surface area contributed by atoms with Gasteiger partial charge < -0.3 is 26.0 Å². The van der Waals surface area contributed by atoms with Crippen molar-refractivity contribution < 1.29 is 9.90 Å². The maximum atomic E-state index is 12.9. The lowest BCUT2D eigenvalue weighted by Crippen LogP contribution is -2.49. The van der Waals surface area contributed by atoms with Crippen LogP contribution in [-0.4, -0.2) is 52.1 Å². The summed E-state index contributed by atoms with van der Waals surface area (Å²) in [6.45, 7) is 2.63. The third-order valence-corrected chi connectivity index (χ3v) is 4.79. The van der Waals surface area contributed by atoms with Crippen LogP contribution in [0.3, 0.4) is 0 Å². The summed E-state index contributed by atoms with van der Waals surface area (Å²) in [5.74, 6) is 0.394. The normalized spacial score (nSPS) is 13.9. The molecule has 2 heterocycles. The third-order valence-electron chi connectivity index (χ3n) is 4.79. The number of aromatic nitrogens is 2. The lowest BCUT2D eigenvalue weighted by atomic mass is 10.2. The number of hydrogen-bond donors (Lipinski definition) is 3. The van der Waals surface area contributed by atoms with E-state index in [1.165, 1.54) is 6.07 Å². The molecule has 0 radical (unpaired) electrons. The number of aromatic hydroxyl groups is 1. The van der Waals surface area contributed by atoms with Crippen LogP contribution in [0.1, 0.15) is 10.6 Å². The Hall–Kier alpha value is -3.81. The molecule has 0 unspecified atom stereocenters. The Kier molecular flexibility index (Phi) is 5.15. The van der Waals surface area contributed by atoms with Crippen molar-refractivity contribution in [2.24, 2.45) is 0 Å². The van der Waals surface area contributed by atoms with E-state index in [4.69, 9.17) is 5.73 Å². The van der Waals surface area contributed by atoms with E-state index in [0.717, 1.165) is 18.8 Å². The number of para-hydroxylation sites is 3. The molecule has 8 nitrogen and oxygen atoms in total. The summed E-state index contributed by atoms with van der Waals surface area (Å²) in [5, 5.41) is 12.9. The molecular formula is C21H22N6O2. The maximum absolute atomic E-state index is 12.9. The lowest BCUT2D eigenvalue weighted by Gasteiger charge is -2.35. The number of benzene rings is 2. The van der Waals surface area contributed by atoms with Gasteiger partial charge in [0, 0.05) is 37.9 Å². The van der Waals surface area contributed by atoms with Crippen molar-refractivity contribution in [3.05, 3.63) is 66.5 Å². The fourth-order valence-corrected chi connectivity index (χ4v) is 3.29. The zero-order valence-corrected chi connectivity index (χ0v) is 15.8. The highest BCUT2D eigenvalue weighted by molar-refractivity contribution is 5.91.